The number of hydrogen-bond acceptors (Lipinski definition) is 5. The van der Waals surface area contributed by atoms with Gasteiger partial charge in [0.05, 0.1) is 5.52 Å². The molecule has 1 aliphatic heterocycles. The van der Waals surface area contributed by atoms with E-state index in [1.807, 2.05) is 29.3 Å². The number of anilines is 1. The molecule has 0 aliphatic carbocycles. The van der Waals surface area contributed by atoms with E-state index in [1.54, 1.807) is 0 Å². The number of nitrogens with one attached hydrogen (secondary N) is 1. The molecule has 2 heterocycles. The first-order valence-electron chi connectivity index (χ1n) is 7.09. The van der Waals surface area contributed by atoms with Gasteiger partial charge in [-0.25, -0.2) is 14.2 Å². The lowest BCUT2D eigenvalue weighted by atomic mass is 10.1. The number of likely N-dealkylation sites (tertiary alicyclic amines) is 1. The number of nitrogens with zero attached hydrogens (tertiary/aromatic N) is 3. The zero-order chi connectivity index (χ0) is 15.5. The summed E-state index contributed by atoms with van der Waals surface area (Å²) in [5.74, 6) is 0.857. The van der Waals surface area contributed by atoms with Crippen molar-refractivity contribution < 1.29 is 8.76 Å². The molecule has 0 spiro atoms. The topological polar surface area (TPSA) is 78.4 Å². The Balaban J connectivity index is 1.64. The Labute approximate surface area is 139 Å². The Morgan fingerprint density at radius 2 is 2.18 bits per heavy atom. The van der Waals surface area contributed by atoms with Crippen LogP contribution in [0.5, 0.6) is 0 Å². The average molecular weight is 385 g/mol. The Bertz CT molecular complexity index is 692. The molecule has 1 unspecified atom stereocenters. The summed E-state index contributed by atoms with van der Waals surface area (Å²) in [6.07, 6.45) is 3.64. The van der Waals surface area contributed by atoms with Crippen LogP contribution >= 0.6 is 15.9 Å². The predicted molar refractivity (Wildman–Crippen MR) is 91.1 cm³/mol. The summed E-state index contributed by atoms with van der Waals surface area (Å²) in [6, 6.07) is 6.21. The first kappa shape index (κ1) is 15.8. The predicted octanol–water partition coefficient (Wildman–Crippen LogP) is 2.45. The highest BCUT2D eigenvalue weighted by atomic mass is 79.9. The Morgan fingerprint density at radius 1 is 1.41 bits per heavy atom. The molecule has 1 aliphatic rings. The van der Waals surface area contributed by atoms with Gasteiger partial charge in [-0.3, -0.25) is 4.90 Å². The highest BCUT2D eigenvalue weighted by Gasteiger charge is 2.20. The zero-order valence-corrected chi connectivity index (χ0v) is 14.3. The minimum absolute atomic E-state index is 0.228. The van der Waals surface area contributed by atoms with Crippen LogP contribution in [0.3, 0.4) is 0 Å². The van der Waals surface area contributed by atoms with Gasteiger partial charge in [0, 0.05) is 35.2 Å². The van der Waals surface area contributed by atoms with Gasteiger partial charge >= 0.3 is 0 Å². The second-order valence-corrected chi connectivity index (χ2v) is 7.11. The maximum atomic E-state index is 10.8. The van der Waals surface area contributed by atoms with E-state index in [2.05, 4.69) is 31.2 Å². The highest BCUT2D eigenvalue weighted by molar-refractivity contribution is 9.10. The van der Waals surface area contributed by atoms with Crippen LogP contribution in [0, 0.1) is 0 Å². The number of piperidine rings is 1. The molecule has 2 N–H and O–H groups in total. The minimum atomic E-state index is -1.76. The van der Waals surface area contributed by atoms with Crippen LogP contribution in [0.25, 0.3) is 10.9 Å². The number of para-hydroxylation sites is 1. The van der Waals surface area contributed by atoms with E-state index in [-0.39, 0.29) is 5.88 Å². The molecular formula is C14H17BrN4O2S. The third-order valence-corrected chi connectivity index (χ3v) is 5.00. The number of rotatable bonds is 4. The number of hydrogen-bond donors (Lipinski definition) is 2. The fourth-order valence-electron chi connectivity index (χ4n) is 2.63. The summed E-state index contributed by atoms with van der Waals surface area (Å²) >= 11 is 1.75. The molecular weight excluding hydrogens is 368 g/mol. The monoisotopic (exact) mass is 384 g/mol. The van der Waals surface area contributed by atoms with Crippen molar-refractivity contribution in [2.45, 2.75) is 18.9 Å². The summed E-state index contributed by atoms with van der Waals surface area (Å²) in [7, 11) is 0. The van der Waals surface area contributed by atoms with Crippen LogP contribution in [0.2, 0.25) is 0 Å². The van der Waals surface area contributed by atoms with Gasteiger partial charge in [-0.05, 0) is 34.8 Å². The van der Waals surface area contributed by atoms with Gasteiger partial charge in [0.1, 0.15) is 5.88 Å². The third kappa shape index (κ3) is 3.81. The Kier molecular flexibility index (Phi) is 5.02. The molecule has 1 atom stereocenters. The third-order valence-electron chi connectivity index (χ3n) is 3.78. The van der Waals surface area contributed by atoms with Crippen molar-refractivity contribution >= 4 is 43.9 Å². The van der Waals surface area contributed by atoms with Crippen molar-refractivity contribution in [2.24, 2.45) is 0 Å². The number of halogens is 1. The molecule has 3 rings (SSSR count). The van der Waals surface area contributed by atoms with Crippen molar-refractivity contribution in [2.75, 3.05) is 24.3 Å². The van der Waals surface area contributed by atoms with Crippen LogP contribution in [0.15, 0.2) is 28.9 Å². The maximum absolute atomic E-state index is 10.8. The molecule has 1 aromatic carbocycles. The molecule has 2 aromatic rings. The summed E-state index contributed by atoms with van der Waals surface area (Å²) < 4.78 is 20.7. The molecule has 8 heteroatoms. The summed E-state index contributed by atoms with van der Waals surface area (Å²) in [5.41, 5.74) is 0.896. The lowest BCUT2D eigenvalue weighted by molar-refractivity contribution is 0.247. The zero-order valence-electron chi connectivity index (χ0n) is 11.9. The minimum Gasteiger partial charge on any atom is -0.351 e. The standard InChI is InChI=1S/C14H17BrN4O2S/c15-12-3-1-2-10-8-16-14(18-13(10)12)17-11-4-6-19(7-5-11)9-22(20)21/h1-3,8,11H,4-7,9H2,(H,20,21)(H,16,17,18). The molecule has 1 fully saturated rings. The lowest BCUT2D eigenvalue weighted by Crippen LogP contribution is -2.40. The first-order valence-corrected chi connectivity index (χ1v) is 9.16. The van der Waals surface area contributed by atoms with Crippen LogP contribution in [0.4, 0.5) is 5.95 Å². The second-order valence-electron chi connectivity index (χ2n) is 5.36. The molecule has 0 radical (unpaired) electrons. The molecule has 118 valence electrons. The summed E-state index contributed by atoms with van der Waals surface area (Å²) in [5, 5.41) is 4.37. The van der Waals surface area contributed by atoms with Crippen LogP contribution in [-0.2, 0) is 11.1 Å². The van der Waals surface area contributed by atoms with E-state index in [9.17, 15) is 4.21 Å². The van der Waals surface area contributed by atoms with E-state index >= 15 is 0 Å². The van der Waals surface area contributed by atoms with E-state index in [1.165, 1.54) is 0 Å². The van der Waals surface area contributed by atoms with Crippen LogP contribution < -0.4 is 5.32 Å². The van der Waals surface area contributed by atoms with Gasteiger partial charge in [-0.1, -0.05) is 12.1 Å². The van der Waals surface area contributed by atoms with Gasteiger partial charge in [0.2, 0.25) is 5.95 Å². The van der Waals surface area contributed by atoms with Crippen molar-refractivity contribution in [3.63, 3.8) is 0 Å². The van der Waals surface area contributed by atoms with Crippen molar-refractivity contribution in [1.82, 2.24) is 14.9 Å². The van der Waals surface area contributed by atoms with E-state index < -0.39 is 11.1 Å². The van der Waals surface area contributed by atoms with Gasteiger partial charge in [-0.15, -0.1) is 0 Å². The van der Waals surface area contributed by atoms with E-state index in [0.717, 1.165) is 41.3 Å². The second kappa shape index (κ2) is 6.99. The largest absolute Gasteiger partial charge is 0.351 e. The van der Waals surface area contributed by atoms with Crippen molar-refractivity contribution in [3.05, 3.63) is 28.9 Å². The molecule has 1 aromatic heterocycles. The fourth-order valence-corrected chi connectivity index (χ4v) is 3.68. The Hall–Kier alpha value is -1.09. The van der Waals surface area contributed by atoms with Crippen LogP contribution in [0.1, 0.15) is 12.8 Å². The lowest BCUT2D eigenvalue weighted by Gasteiger charge is -2.31. The quantitative estimate of drug-likeness (QED) is 0.788. The van der Waals surface area contributed by atoms with Gasteiger partial charge in [0.15, 0.2) is 11.1 Å². The molecule has 22 heavy (non-hydrogen) atoms. The van der Waals surface area contributed by atoms with Gasteiger partial charge in [-0.2, -0.15) is 0 Å². The van der Waals surface area contributed by atoms with Crippen molar-refractivity contribution in [1.29, 1.82) is 0 Å². The smallest absolute Gasteiger partial charge is 0.223 e. The number of benzene rings is 1. The van der Waals surface area contributed by atoms with E-state index in [4.69, 9.17) is 4.55 Å². The maximum Gasteiger partial charge on any atom is 0.223 e. The SMILES string of the molecule is O=S(O)CN1CCC(Nc2ncc3cccc(Br)c3n2)CC1. The number of aromatic nitrogens is 2. The molecule has 0 saturated carbocycles. The first-order chi connectivity index (χ1) is 10.6. The molecule has 6 nitrogen and oxygen atoms in total. The molecule has 0 bridgehead atoms. The average Bonchev–Trinajstić information content (AvgIpc) is 2.50. The molecule has 0 amide bonds. The molecule has 1 saturated heterocycles. The summed E-state index contributed by atoms with van der Waals surface area (Å²) in [6.45, 7) is 1.61. The normalized spacial score (nSPS) is 18.5. The fraction of sp³-hybridized carbons (Fsp3) is 0.429. The highest BCUT2D eigenvalue weighted by Crippen LogP contribution is 2.23. The number of fused-ring (bicyclic) bond motifs is 1. The van der Waals surface area contributed by atoms with Crippen LogP contribution in [-0.4, -0.2) is 48.6 Å². The van der Waals surface area contributed by atoms with Gasteiger partial charge < -0.3 is 9.87 Å². The van der Waals surface area contributed by atoms with Crippen molar-refractivity contribution in [3.8, 4) is 0 Å². The Morgan fingerprint density at radius 3 is 2.91 bits per heavy atom. The summed E-state index contributed by atoms with van der Waals surface area (Å²) in [4.78, 5) is 10.9. The van der Waals surface area contributed by atoms with Gasteiger partial charge in [0.25, 0.3) is 0 Å². The van der Waals surface area contributed by atoms with E-state index in [0.29, 0.717) is 12.0 Å².